The summed E-state index contributed by atoms with van der Waals surface area (Å²) in [6, 6.07) is 15.6. The summed E-state index contributed by atoms with van der Waals surface area (Å²) in [5.74, 6) is 0. The number of nitrogens with one attached hydrogen (secondary N) is 1. The fourth-order valence-electron chi connectivity index (χ4n) is 4.70. The molecule has 1 aliphatic carbocycles. The third kappa shape index (κ3) is 5.14. The molecule has 0 saturated carbocycles. The number of benzene rings is 1. The number of fused-ring (bicyclic) bond motifs is 3. The number of pyridine rings is 1. The SMILES string of the molecule is CCN(CC)c1ccc(CNCCc2c3c(n4ccccc24)CCCC3)cc1.Cl.Cl. The first-order chi connectivity index (χ1) is 13.8. The Labute approximate surface area is 193 Å². The van der Waals surface area contributed by atoms with Crippen molar-refractivity contribution < 1.29 is 0 Å². The van der Waals surface area contributed by atoms with E-state index in [2.05, 4.69) is 77.1 Å². The van der Waals surface area contributed by atoms with Gasteiger partial charge in [0.25, 0.3) is 0 Å². The molecular weight excluding hydrogens is 413 g/mol. The molecule has 0 unspecified atom stereocenters. The molecule has 0 saturated heterocycles. The van der Waals surface area contributed by atoms with Gasteiger partial charge in [-0.05, 0) is 93.5 Å². The molecule has 30 heavy (non-hydrogen) atoms. The zero-order valence-corrected chi connectivity index (χ0v) is 19.8. The summed E-state index contributed by atoms with van der Waals surface area (Å²) in [5.41, 5.74) is 8.85. The van der Waals surface area contributed by atoms with Crippen LogP contribution in [-0.2, 0) is 25.8 Å². The maximum Gasteiger partial charge on any atom is 0.0488 e. The lowest BCUT2D eigenvalue weighted by atomic mass is 9.93. The van der Waals surface area contributed by atoms with Crippen LogP contribution in [0, 0.1) is 0 Å². The third-order valence-corrected chi connectivity index (χ3v) is 6.21. The monoisotopic (exact) mass is 447 g/mol. The minimum atomic E-state index is 0. The molecule has 0 spiro atoms. The fourth-order valence-corrected chi connectivity index (χ4v) is 4.70. The van der Waals surface area contributed by atoms with Crippen LogP contribution < -0.4 is 10.2 Å². The van der Waals surface area contributed by atoms with Crippen molar-refractivity contribution in [3.63, 3.8) is 0 Å². The van der Waals surface area contributed by atoms with E-state index in [4.69, 9.17) is 0 Å². The smallest absolute Gasteiger partial charge is 0.0488 e. The van der Waals surface area contributed by atoms with Gasteiger partial charge in [0.05, 0.1) is 0 Å². The predicted octanol–water partition coefficient (Wildman–Crippen LogP) is 5.84. The molecule has 2 heterocycles. The van der Waals surface area contributed by atoms with Crippen LogP contribution in [0.2, 0.25) is 0 Å². The normalized spacial score (nSPS) is 12.7. The van der Waals surface area contributed by atoms with E-state index in [0.29, 0.717) is 0 Å². The molecule has 4 rings (SSSR count). The van der Waals surface area contributed by atoms with E-state index < -0.39 is 0 Å². The molecule has 0 aliphatic heterocycles. The molecule has 5 heteroatoms. The van der Waals surface area contributed by atoms with Crippen LogP contribution in [0.4, 0.5) is 5.69 Å². The van der Waals surface area contributed by atoms with Crippen LogP contribution in [-0.4, -0.2) is 24.0 Å². The van der Waals surface area contributed by atoms with Crippen LogP contribution in [0.5, 0.6) is 0 Å². The van der Waals surface area contributed by atoms with Gasteiger partial charge in [-0.2, -0.15) is 0 Å². The highest BCUT2D eigenvalue weighted by Crippen LogP contribution is 2.30. The Morgan fingerprint density at radius 3 is 2.40 bits per heavy atom. The molecule has 0 radical (unpaired) electrons. The summed E-state index contributed by atoms with van der Waals surface area (Å²) in [6.07, 6.45) is 8.50. The van der Waals surface area contributed by atoms with Crippen LogP contribution in [0.1, 0.15) is 49.1 Å². The summed E-state index contributed by atoms with van der Waals surface area (Å²) < 4.78 is 2.44. The first kappa shape index (κ1) is 24.6. The average Bonchev–Trinajstić information content (AvgIpc) is 3.07. The van der Waals surface area contributed by atoms with E-state index in [1.165, 1.54) is 42.5 Å². The second-order valence-corrected chi connectivity index (χ2v) is 7.83. The Hall–Kier alpha value is -1.68. The number of nitrogens with zero attached hydrogens (tertiary/aromatic N) is 2. The van der Waals surface area contributed by atoms with Crippen molar-refractivity contribution in [3.8, 4) is 0 Å². The predicted molar refractivity (Wildman–Crippen MR) is 134 cm³/mol. The van der Waals surface area contributed by atoms with Crippen LogP contribution in [0.3, 0.4) is 0 Å². The maximum absolute atomic E-state index is 3.67. The molecule has 0 atom stereocenters. The molecule has 0 amide bonds. The molecule has 1 aliphatic rings. The maximum atomic E-state index is 3.67. The largest absolute Gasteiger partial charge is 0.372 e. The van der Waals surface area contributed by atoms with Crippen molar-refractivity contribution in [1.82, 2.24) is 9.72 Å². The summed E-state index contributed by atoms with van der Waals surface area (Å²) >= 11 is 0. The highest BCUT2D eigenvalue weighted by atomic mass is 35.5. The van der Waals surface area contributed by atoms with Crippen LogP contribution >= 0.6 is 24.8 Å². The third-order valence-electron chi connectivity index (χ3n) is 6.21. The topological polar surface area (TPSA) is 19.7 Å². The van der Waals surface area contributed by atoms with Gasteiger partial charge in [0.15, 0.2) is 0 Å². The van der Waals surface area contributed by atoms with Crippen molar-refractivity contribution in [3.05, 3.63) is 71.0 Å². The molecule has 1 aromatic carbocycles. The number of anilines is 1. The van der Waals surface area contributed by atoms with Gasteiger partial charge < -0.3 is 14.6 Å². The molecule has 0 fully saturated rings. The van der Waals surface area contributed by atoms with Gasteiger partial charge in [0.1, 0.15) is 0 Å². The van der Waals surface area contributed by atoms with Crippen molar-refractivity contribution in [2.24, 2.45) is 0 Å². The van der Waals surface area contributed by atoms with Crippen LogP contribution in [0.15, 0.2) is 48.7 Å². The second kappa shape index (κ2) is 11.6. The lowest BCUT2D eigenvalue weighted by Gasteiger charge is -2.21. The zero-order valence-electron chi connectivity index (χ0n) is 18.2. The Morgan fingerprint density at radius 2 is 1.67 bits per heavy atom. The van der Waals surface area contributed by atoms with E-state index in [1.54, 1.807) is 16.8 Å². The Kier molecular flexibility index (Phi) is 9.54. The van der Waals surface area contributed by atoms with Crippen LogP contribution in [0.25, 0.3) is 5.52 Å². The number of rotatable bonds is 8. The van der Waals surface area contributed by atoms with Crippen molar-refractivity contribution in [2.75, 3.05) is 24.5 Å². The molecular formula is C25H35Cl2N3. The van der Waals surface area contributed by atoms with E-state index in [9.17, 15) is 0 Å². The summed E-state index contributed by atoms with van der Waals surface area (Å²) in [6.45, 7) is 8.51. The van der Waals surface area contributed by atoms with Gasteiger partial charge in [0.2, 0.25) is 0 Å². The van der Waals surface area contributed by atoms with E-state index in [0.717, 1.165) is 32.6 Å². The van der Waals surface area contributed by atoms with Crippen molar-refractivity contribution in [1.29, 1.82) is 0 Å². The fraction of sp³-hybridized carbons (Fsp3) is 0.440. The highest BCUT2D eigenvalue weighted by Gasteiger charge is 2.19. The quantitative estimate of drug-likeness (QED) is 0.437. The molecule has 164 valence electrons. The lowest BCUT2D eigenvalue weighted by Crippen LogP contribution is -2.22. The van der Waals surface area contributed by atoms with Gasteiger partial charge >= 0.3 is 0 Å². The molecule has 0 bridgehead atoms. The Bertz CT molecular complexity index is 914. The number of aromatic nitrogens is 1. The minimum Gasteiger partial charge on any atom is -0.372 e. The Morgan fingerprint density at radius 1 is 0.933 bits per heavy atom. The van der Waals surface area contributed by atoms with Gasteiger partial charge in [-0.15, -0.1) is 24.8 Å². The summed E-state index contributed by atoms with van der Waals surface area (Å²) in [7, 11) is 0. The Balaban J connectivity index is 0.00000160. The second-order valence-electron chi connectivity index (χ2n) is 7.83. The van der Waals surface area contributed by atoms with Gasteiger partial charge in [-0.1, -0.05) is 18.2 Å². The standard InChI is InChI=1S/C25H33N3.2ClH/c1-3-27(4-2)21-14-12-20(13-15-21)19-26-17-16-23-22-9-5-6-10-24(22)28-18-8-7-11-25(23)28;;/h7-8,11-15,18,26H,3-6,9-10,16-17,19H2,1-2H3;2*1H. The highest BCUT2D eigenvalue weighted by molar-refractivity contribution is 5.85. The number of aryl methyl sites for hydroxylation is 1. The van der Waals surface area contributed by atoms with Gasteiger partial charge in [-0.3, -0.25) is 0 Å². The summed E-state index contributed by atoms with van der Waals surface area (Å²) in [5, 5.41) is 3.67. The van der Waals surface area contributed by atoms with Crippen molar-refractivity contribution >= 4 is 36.0 Å². The number of halogens is 2. The minimum absolute atomic E-state index is 0. The first-order valence-corrected chi connectivity index (χ1v) is 11.0. The zero-order chi connectivity index (χ0) is 19.3. The molecule has 1 N–H and O–H groups in total. The van der Waals surface area contributed by atoms with E-state index in [-0.39, 0.29) is 24.8 Å². The van der Waals surface area contributed by atoms with E-state index in [1.807, 2.05) is 0 Å². The van der Waals surface area contributed by atoms with Gasteiger partial charge in [0, 0.05) is 42.7 Å². The number of hydrogen-bond donors (Lipinski definition) is 1. The average molecular weight is 448 g/mol. The first-order valence-electron chi connectivity index (χ1n) is 11.0. The van der Waals surface area contributed by atoms with Gasteiger partial charge in [-0.25, -0.2) is 0 Å². The van der Waals surface area contributed by atoms with E-state index >= 15 is 0 Å². The van der Waals surface area contributed by atoms with Crippen molar-refractivity contribution in [2.45, 2.75) is 52.5 Å². The molecule has 2 aromatic heterocycles. The lowest BCUT2D eigenvalue weighted by molar-refractivity contribution is 0.656. The molecule has 3 aromatic rings. The molecule has 3 nitrogen and oxygen atoms in total. The number of hydrogen-bond acceptors (Lipinski definition) is 2. The summed E-state index contributed by atoms with van der Waals surface area (Å²) in [4.78, 5) is 2.39.